The first-order valence-corrected chi connectivity index (χ1v) is 8.83. The van der Waals surface area contributed by atoms with Gasteiger partial charge in [-0.15, -0.1) is 0 Å². The highest BCUT2D eigenvalue weighted by atomic mass is 32.2. The quantitative estimate of drug-likeness (QED) is 0.579. The first-order chi connectivity index (χ1) is 11.2. The van der Waals surface area contributed by atoms with Crippen LogP contribution in [0.4, 0.5) is 17.2 Å². The zero-order valence-electron chi connectivity index (χ0n) is 13.3. The summed E-state index contributed by atoms with van der Waals surface area (Å²) in [6, 6.07) is 5.12. The first kappa shape index (κ1) is 17.9. The van der Waals surface area contributed by atoms with Gasteiger partial charge in [0.15, 0.2) is 5.82 Å². The maximum absolute atomic E-state index is 11.3. The number of sulfonamides is 1. The van der Waals surface area contributed by atoms with Crippen molar-refractivity contribution in [1.82, 2.24) is 9.78 Å². The largest absolute Gasteiger partial charge is 0.333 e. The van der Waals surface area contributed by atoms with Crippen molar-refractivity contribution >= 4 is 27.2 Å². The molecule has 0 unspecified atom stereocenters. The third-order valence-corrected chi connectivity index (χ3v) is 4.24. The van der Waals surface area contributed by atoms with Gasteiger partial charge in [-0.2, -0.15) is 5.10 Å². The normalized spacial score (nSPS) is 11.7. The number of anilines is 2. The van der Waals surface area contributed by atoms with E-state index < -0.39 is 20.6 Å². The third kappa shape index (κ3) is 4.52. The number of hydrogen-bond donors (Lipinski definition) is 2. The van der Waals surface area contributed by atoms with Gasteiger partial charge in [0.05, 0.1) is 9.82 Å². The summed E-state index contributed by atoms with van der Waals surface area (Å²) in [6.45, 7) is 4.96. The molecule has 1 aromatic carbocycles. The Morgan fingerprint density at radius 3 is 2.67 bits per heavy atom. The van der Waals surface area contributed by atoms with Crippen molar-refractivity contribution in [3.05, 3.63) is 40.6 Å². The lowest BCUT2D eigenvalue weighted by molar-refractivity contribution is -0.384. The van der Waals surface area contributed by atoms with Crippen LogP contribution in [0.15, 0.2) is 35.4 Å². The number of primary sulfonamides is 1. The van der Waals surface area contributed by atoms with Gasteiger partial charge in [0.25, 0.3) is 5.69 Å². The van der Waals surface area contributed by atoms with Crippen molar-refractivity contribution in [2.75, 3.05) is 5.32 Å². The fourth-order valence-electron chi connectivity index (χ4n) is 2.03. The van der Waals surface area contributed by atoms with Gasteiger partial charge in [0, 0.05) is 24.9 Å². The molecular weight excluding hydrogens is 334 g/mol. The van der Waals surface area contributed by atoms with E-state index in [4.69, 9.17) is 5.14 Å². The van der Waals surface area contributed by atoms with Crippen molar-refractivity contribution in [2.24, 2.45) is 11.1 Å². The molecule has 2 aromatic rings. The van der Waals surface area contributed by atoms with Gasteiger partial charge in [0.2, 0.25) is 10.0 Å². The van der Waals surface area contributed by atoms with Gasteiger partial charge in [-0.05, 0) is 24.5 Å². The van der Waals surface area contributed by atoms with Crippen LogP contribution in [-0.2, 0) is 16.6 Å². The van der Waals surface area contributed by atoms with Crippen LogP contribution in [-0.4, -0.2) is 23.1 Å². The smallest absolute Gasteiger partial charge is 0.294 e. The Bertz CT molecular complexity index is 845. The number of nitro benzene ring substituents is 1. The Balaban J connectivity index is 2.25. The standard InChI is InChI=1S/C14H19N5O4S/c1-10(2)5-7-18-8-6-14(17-18)16-12-4-3-11(24(15,22)23)9-13(12)19(20)21/h3-4,6,8-10H,5,7H2,1-2H3,(H,16,17)(H2,15,22,23). The molecule has 0 atom stereocenters. The van der Waals surface area contributed by atoms with Crippen LogP contribution in [0.2, 0.25) is 0 Å². The van der Waals surface area contributed by atoms with E-state index in [1.165, 1.54) is 12.1 Å². The van der Waals surface area contributed by atoms with Gasteiger partial charge >= 0.3 is 0 Å². The van der Waals surface area contributed by atoms with E-state index in [2.05, 4.69) is 24.3 Å². The van der Waals surface area contributed by atoms with Crippen LogP contribution in [0.25, 0.3) is 0 Å². The number of benzene rings is 1. The maximum atomic E-state index is 11.3. The summed E-state index contributed by atoms with van der Waals surface area (Å²) in [7, 11) is -4.01. The number of aryl methyl sites for hydroxylation is 1. The lowest BCUT2D eigenvalue weighted by Gasteiger charge is -2.07. The minimum absolute atomic E-state index is 0.140. The van der Waals surface area contributed by atoms with Crippen LogP contribution in [0.1, 0.15) is 20.3 Å². The number of hydrogen-bond acceptors (Lipinski definition) is 6. The molecule has 10 heteroatoms. The Morgan fingerprint density at radius 2 is 2.08 bits per heavy atom. The van der Waals surface area contributed by atoms with Crippen LogP contribution in [0, 0.1) is 16.0 Å². The predicted octanol–water partition coefficient (Wildman–Crippen LogP) is 2.23. The molecule has 0 radical (unpaired) electrons. The summed E-state index contributed by atoms with van der Waals surface area (Å²) >= 11 is 0. The van der Waals surface area contributed by atoms with Crippen molar-refractivity contribution in [3.8, 4) is 0 Å². The topological polar surface area (TPSA) is 133 Å². The van der Waals surface area contributed by atoms with E-state index in [9.17, 15) is 18.5 Å². The molecule has 0 fully saturated rings. The minimum Gasteiger partial charge on any atom is -0.333 e. The van der Waals surface area contributed by atoms with E-state index in [1.54, 1.807) is 16.9 Å². The monoisotopic (exact) mass is 353 g/mol. The Morgan fingerprint density at radius 1 is 1.38 bits per heavy atom. The fraction of sp³-hybridized carbons (Fsp3) is 0.357. The molecule has 1 aromatic heterocycles. The summed E-state index contributed by atoms with van der Waals surface area (Å²) in [5.41, 5.74) is -0.250. The molecule has 1 heterocycles. The zero-order valence-corrected chi connectivity index (χ0v) is 14.2. The molecule has 130 valence electrons. The number of aromatic nitrogens is 2. The van der Waals surface area contributed by atoms with Crippen LogP contribution in [0.5, 0.6) is 0 Å². The molecule has 0 spiro atoms. The maximum Gasteiger partial charge on any atom is 0.294 e. The summed E-state index contributed by atoms with van der Waals surface area (Å²) in [5, 5.41) is 23.3. The zero-order chi connectivity index (χ0) is 17.9. The number of nitrogens with two attached hydrogens (primary N) is 1. The molecular formula is C14H19N5O4S. The summed E-state index contributed by atoms with van der Waals surface area (Å²) in [4.78, 5) is 10.2. The lowest BCUT2D eigenvalue weighted by Crippen LogP contribution is -2.12. The summed E-state index contributed by atoms with van der Waals surface area (Å²) in [5.74, 6) is 0.975. The molecule has 0 aliphatic carbocycles. The molecule has 0 aliphatic heterocycles. The molecule has 0 bridgehead atoms. The Hall–Kier alpha value is -2.46. The average Bonchev–Trinajstić information content (AvgIpc) is 2.91. The third-order valence-electron chi connectivity index (χ3n) is 3.33. The van der Waals surface area contributed by atoms with Crippen molar-refractivity contribution < 1.29 is 13.3 Å². The highest BCUT2D eigenvalue weighted by Gasteiger charge is 2.19. The number of nitrogens with zero attached hydrogens (tertiary/aromatic N) is 3. The van der Waals surface area contributed by atoms with Gasteiger partial charge in [-0.1, -0.05) is 13.8 Å². The highest BCUT2D eigenvalue weighted by Crippen LogP contribution is 2.29. The number of nitro groups is 1. The van der Waals surface area contributed by atoms with Crippen molar-refractivity contribution in [1.29, 1.82) is 0 Å². The summed E-state index contributed by atoms with van der Waals surface area (Å²) < 4.78 is 24.4. The molecule has 24 heavy (non-hydrogen) atoms. The van der Waals surface area contributed by atoms with Gasteiger partial charge in [0.1, 0.15) is 5.69 Å². The van der Waals surface area contributed by atoms with Crippen molar-refractivity contribution in [2.45, 2.75) is 31.7 Å². The second-order valence-electron chi connectivity index (χ2n) is 5.75. The second kappa shape index (κ2) is 6.97. The van der Waals surface area contributed by atoms with E-state index >= 15 is 0 Å². The van der Waals surface area contributed by atoms with Crippen LogP contribution in [0.3, 0.4) is 0 Å². The molecule has 9 nitrogen and oxygen atoms in total. The molecule has 0 amide bonds. The number of rotatable bonds is 7. The molecule has 0 saturated heterocycles. The SMILES string of the molecule is CC(C)CCn1ccc(Nc2ccc(S(N)(=O)=O)cc2[N+](=O)[O-])n1. The highest BCUT2D eigenvalue weighted by molar-refractivity contribution is 7.89. The lowest BCUT2D eigenvalue weighted by atomic mass is 10.1. The number of nitrogens with one attached hydrogen (secondary N) is 1. The van der Waals surface area contributed by atoms with Gasteiger partial charge in [-0.25, -0.2) is 13.6 Å². The first-order valence-electron chi connectivity index (χ1n) is 7.28. The molecule has 0 aliphatic rings. The fourth-order valence-corrected chi connectivity index (χ4v) is 2.56. The molecule has 2 rings (SSSR count). The summed E-state index contributed by atoms with van der Waals surface area (Å²) in [6.07, 6.45) is 2.74. The van der Waals surface area contributed by atoms with E-state index in [0.717, 1.165) is 19.0 Å². The minimum atomic E-state index is -4.01. The van der Waals surface area contributed by atoms with Crippen LogP contribution >= 0.6 is 0 Å². The second-order valence-corrected chi connectivity index (χ2v) is 7.31. The van der Waals surface area contributed by atoms with Gasteiger partial charge in [-0.3, -0.25) is 14.8 Å². The molecule has 0 saturated carbocycles. The Labute approximate surface area is 139 Å². The van der Waals surface area contributed by atoms with Crippen LogP contribution < -0.4 is 10.5 Å². The molecule has 3 N–H and O–H groups in total. The van der Waals surface area contributed by atoms with E-state index in [0.29, 0.717) is 11.7 Å². The van der Waals surface area contributed by atoms with E-state index in [-0.39, 0.29) is 10.6 Å². The predicted molar refractivity (Wildman–Crippen MR) is 89.4 cm³/mol. The Kier molecular flexibility index (Phi) is 5.20. The van der Waals surface area contributed by atoms with E-state index in [1.807, 2.05) is 0 Å². The van der Waals surface area contributed by atoms with Gasteiger partial charge < -0.3 is 5.32 Å². The van der Waals surface area contributed by atoms with Crippen molar-refractivity contribution in [3.63, 3.8) is 0 Å². The average molecular weight is 353 g/mol.